The summed E-state index contributed by atoms with van der Waals surface area (Å²) in [6.45, 7) is 9.71. The number of carbonyl (C=O) groups is 3. The normalized spacial score (nSPS) is 16.5. The van der Waals surface area contributed by atoms with Crippen LogP contribution in [-0.2, 0) is 27.1 Å². The first-order chi connectivity index (χ1) is 23.6. The van der Waals surface area contributed by atoms with Crippen molar-refractivity contribution in [3.05, 3.63) is 74.1 Å². The molecule has 1 aliphatic heterocycles. The number of carbonyl (C=O) groups excluding carboxylic acids is 3. The number of aromatic nitrogens is 1. The van der Waals surface area contributed by atoms with Crippen LogP contribution >= 0.6 is 11.3 Å². The van der Waals surface area contributed by atoms with Crippen LogP contribution in [0.1, 0.15) is 83.0 Å². The Morgan fingerprint density at radius 2 is 1.88 bits per heavy atom. The third-order valence-electron chi connectivity index (χ3n) is 8.40. The SMILES string of the molecule is CCOC(=O)c1c(-n2c(C)cc(/C=N\N[C@@H](O)COc3ccc([C@H]4NC(=O)NC(C)=C4C(=O)OC)cc3OCC)c2C)sc2c1CCCC2. The minimum absolute atomic E-state index is 0.157. The lowest BCUT2D eigenvalue weighted by atomic mass is 9.95. The van der Waals surface area contributed by atoms with Crippen LogP contribution in [0.3, 0.4) is 0 Å². The minimum Gasteiger partial charge on any atom is -0.490 e. The summed E-state index contributed by atoms with van der Waals surface area (Å²) < 4.78 is 24.1. The van der Waals surface area contributed by atoms with Gasteiger partial charge in [-0.25, -0.2) is 14.4 Å². The summed E-state index contributed by atoms with van der Waals surface area (Å²) in [6, 6.07) is 5.80. The largest absolute Gasteiger partial charge is 0.490 e. The molecule has 262 valence electrons. The Labute approximate surface area is 289 Å². The van der Waals surface area contributed by atoms with E-state index in [9.17, 15) is 19.5 Å². The van der Waals surface area contributed by atoms with Crippen LogP contribution in [0.5, 0.6) is 11.5 Å². The Morgan fingerprint density at radius 3 is 2.61 bits per heavy atom. The number of nitrogens with zero attached hydrogens (tertiary/aromatic N) is 2. The second kappa shape index (κ2) is 15.6. The van der Waals surface area contributed by atoms with E-state index in [0.717, 1.165) is 53.2 Å². The maximum Gasteiger partial charge on any atom is 0.341 e. The van der Waals surface area contributed by atoms with Crippen LogP contribution < -0.4 is 25.5 Å². The van der Waals surface area contributed by atoms with Crippen LogP contribution in [0.25, 0.3) is 5.00 Å². The fourth-order valence-corrected chi connectivity index (χ4v) is 7.66. The van der Waals surface area contributed by atoms with Gasteiger partial charge in [0, 0.05) is 27.5 Å². The van der Waals surface area contributed by atoms with Gasteiger partial charge in [0.15, 0.2) is 17.7 Å². The number of rotatable bonds is 13. The predicted molar refractivity (Wildman–Crippen MR) is 185 cm³/mol. The van der Waals surface area contributed by atoms with Crippen molar-refractivity contribution in [3.8, 4) is 16.5 Å². The zero-order valence-electron chi connectivity index (χ0n) is 28.6. The molecular formula is C35H43N5O8S. The van der Waals surface area contributed by atoms with Gasteiger partial charge in [0.25, 0.3) is 0 Å². The highest BCUT2D eigenvalue weighted by molar-refractivity contribution is 7.15. The molecule has 2 aromatic heterocycles. The number of hydrazone groups is 1. The van der Waals surface area contributed by atoms with E-state index in [1.165, 1.54) is 12.0 Å². The van der Waals surface area contributed by atoms with Crippen molar-refractivity contribution in [1.29, 1.82) is 0 Å². The van der Waals surface area contributed by atoms with Gasteiger partial charge in [-0.1, -0.05) is 6.07 Å². The van der Waals surface area contributed by atoms with Crippen molar-refractivity contribution in [2.45, 2.75) is 72.6 Å². The van der Waals surface area contributed by atoms with E-state index in [0.29, 0.717) is 41.5 Å². The smallest absolute Gasteiger partial charge is 0.341 e. The van der Waals surface area contributed by atoms with E-state index in [1.807, 2.05) is 33.8 Å². The number of aliphatic hydroxyl groups is 1. The summed E-state index contributed by atoms with van der Waals surface area (Å²) in [6.07, 6.45) is 4.47. The summed E-state index contributed by atoms with van der Waals surface area (Å²) in [5, 5.41) is 21.1. The number of esters is 2. The Balaban J connectivity index is 1.28. The van der Waals surface area contributed by atoms with Gasteiger partial charge >= 0.3 is 18.0 Å². The minimum atomic E-state index is -1.16. The lowest BCUT2D eigenvalue weighted by molar-refractivity contribution is -0.136. The van der Waals surface area contributed by atoms with E-state index in [1.54, 1.807) is 42.7 Å². The molecule has 14 heteroatoms. The molecule has 0 saturated carbocycles. The van der Waals surface area contributed by atoms with Crippen LogP contribution in [0, 0.1) is 13.8 Å². The first kappa shape index (κ1) is 35.5. The lowest BCUT2D eigenvalue weighted by Crippen LogP contribution is -2.45. The number of amides is 2. The Hall–Kier alpha value is -4.82. The summed E-state index contributed by atoms with van der Waals surface area (Å²) in [7, 11) is 1.28. The molecule has 4 N–H and O–H groups in total. The third kappa shape index (κ3) is 7.60. The van der Waals surface area contributed by atoms with Crippen molar-refractivity contribution >= 4 is 35.5 Å². The molecule has 0 radical (unpaired) electrons. The topological polar surface area (TPSA) is 162 Å². The monoisotopic (exact) mass is 693 g/mol. The van der Waals surface area contributed by atoms with E-state index in [2.05, 4.69) is 25.7 Å². The van der Waals surface area contributed by atoms with Crippen molar-refractivity contribution in [1.82, 2.24) is 20.6 Å². The number of thiophene rings is 1. The Bertz CT molecular complexity index is 1790. The molecule has 0 fully saturated rings. The highest BCUT2D eigenvalue weighted by Crippen LogP contribution is 2.39. The molecule has 3 heterocycles. The molecule has 2 aliphatic rings. The summed E-state index contributed by atoms with van der Waals surface area (Å²) in [5.74, 6) is -0.134. The van der Waals surface area contributed by atoms with E-state index < -0.39 is 24.3 Å². The maximum absolute atomic E-state index is 13.1. The quantitative estimate of drug-likeness (QED) is 0.0859. The van der Waals surface area contributed by atoms with Gasteiger partial charge in [-0.3, -0.25) is 5.43 Å². The number of allylic oxidation sites excluding steroid dienone is 1. The number of aryl methyl sites for hydroxylation is 2. The maximum atomic E-state index is 13.1. The molecule has 0 unspecified atom stereocenters. The van der Waals surface area contributed by atoms with E-state index in [-0.39, 0.29) is 18.1 Å². The van der Waals surface area contributed by atoms with Crippen LogP contribution in [0.15, 0.2) is 40.6 Å². The lowest BCUT2D eigenvalue weighted by Gasteiger charge is -2.28. The fraction of sp³-hybridized carbons (Fsp3) is 0.429. The second-order valence-electron chi connectivity index (χ2n) is 11.7. The highest BCUT2D eigenvalue weighted by atomic mass is 32.1. The van der Waals surface area contributed by atoms with E-state index >= 15 is 0 Å². The molecular weight excluding hydrogens is 650 g/mol. The molecule has 2 amide bonds. The molecule has 5 rings (SSSR count). The number of benzene rings is 1. The van der Waals surface area contributed by atoms with Gasteiger partial charge in [-0.2, -0.15) is 5.10 Å². The highest BCUT2D eigenvalue weighted by Gasteiger charge is 2.33. The first-order valence-corrected chi connectivity index (χ1v) is 17.1. The number of methoxy groups -OCH3 is 1. The fourth-order valence-electron chi connectivity index (χ4n) is 6.17. The molecule has 1 aliphatic carbocycles. The number of ether oxygens (including phenoxy) is 4. The third-order valence-corrected chi connectivity index (χ3v) is 9.68. The number of fused-ring (bicyclic) bond motifs is 1. The molecule has 3 aromatic rings. The first-order valence-electron chi connectivity index (χ1n) is 16.3. The van der Waals surface area contributed by atoms with E-state index in [4.69, 9.17) is 18.9 Å². The van der Waals surface area contributed by atoms with Gasteiger partial charge in [0.05, 0.1) is 43.7 Å². The summed E-state index contributed by atoms with van der Waals surface area (Å²) in [4.78, 5) is 39.1. The van der Waals surface area contributed by atoms with Crippen LogP contribution in [-0.4, -0.2) is 67.0 Å². The van der Waals surface area contributed by atoms with Crippen LogP contribution in [0.2, 0.25) is 0 Å². The van der Waals surface area contributed by atoms with Crippen molar-refractivity contribution in [3.63, 3.8) is 0 Å². The molecule has 0 saturated heterocycles. The number of hydrogen-bond donors (Lipinski definition) is 4. The van der Waals surface area contributed by atoms with Crippen molar-refractivity contribution in [2.24, 2.45) is 5.10 Å². The average Bonchev–Trinajstić information content (AvgIpc) is 3.59. The number of hydrogen-bond acceptors (Lipinski definition) is 11. The van der Waals surface area contributed by atoms with Crippen LogP contribution in [0.4, 0.5) is 4.79 Å². The van der Waals surface area contributed by atoms with Gasteiger partial charge < -0.3 is 39.3 Å². The molecule has 1 aromatic carbocycles. The standard InChI is InChI=1S/C35H43N5O8S/c1-7-46-26-16-22(31-29(33(42)45-6)20(4)37-35(44)38-31)13-14-25(26)48-18-28(41)39-36-17-23-15-19(3)40(21(23)5)32-30(34(43)47-8-2)24-11-9-10-12-27(24)49-32/h13-17,28,31,39,41H,7-12,18H2,1-6H3,(H2,37,38,44)/b36-17-/t28-,31+/m0/s1. The van der Waals surface area contributed by atoms with Gasteiger partial charge in [0.2, 0.25) is 0 Å². The summed E-state index contributed by atoms with van der Waals surface area (Å²) >= 11 is 1.65. The second-order valence-corrected chi connectivity index (χ2v) is 12.8. The molecule has 0 bridgehead atoms. The Kier molecular flexibility index (Phi) is 11.3. The number of urea groups is 1. The molecule has 2 atom stereocenters. The zero-order chi connectivity index (χ0) is 35.2. The number of aliphatic hydroxyl groups excluding tert-OH is 1. The predicted octanol–water partition coefficient (Wildman–Crippen LogP) is 4.73. The van der Waals surface area contributed by atoms with Crippen molar-refractivity contribution in [2.75, 3.05) is 26.9 Å². The molecule has 0 spiro atoms. The Morgan fingerprint density at radius 1 is 1.10 bits per heavy atom. The van der Waals surface area contributed by atoms with Gasteiger partial charge in [0.1, 0.15) is 11.6 Å². The van der Waals surface area contributed by atoms with Gasteiger partial charge in [-0.15, -0.1) is 11.3 Å². The zero-order valence-corrected chi connectivity index (χ0v) is 29.4. The average molecular weight is 694 g/mol. The number of nitrogens with one attached hydrogen (secondary N) is 3. The molecule has 49 heavy (non-hydrogen) atoms. The molecule has 13 nitrogen and oxygen atoms in total. The van der Waals surface area contributed by atoms with Crippen molar-refractivity contribution < 1.29 is 38.4 Å². The summed E-state index contributed by atoms with van der Waals surface area (Å²) in [5.41, 5.74) is 8.40. The van der Waals surface area contributed by atoms with Gasteiger partial charge in [-0.05, 0) is 89.6 Å².